The van der Waals surface area contributed by atoms with E-state index in [0.29, 0.717) is 6.42 Å². The molecule has 0 bridgehead atoms. The number of rotatable bonds is 10. The first-order chi connectivity index (χ1) is 11.2. The minimum Gasteiger partial charge on any atom is -0.494 e. The van der Waals surface area contributed by atoms with Gasteiger partial charge in [-0.25, -0.2) is 0 Å². The third kappa shape index (κ3) is 5.71. The third-order valence-electron chi connectivity index (χ3n) is 3.81. The van der Waals surface area contributed by atoms with Crippen molar-refractivity contribution in [2.45, 2.75) is 44.9 Å². The number of ether oxygens (including phenoxy) is 1. The lowest BCUT2D eigenvalue weighted by Gasteiger charge is -2.11. The Balaban J connectivity index is 1.87. The van der Waals surface area contributed by atoms with Crippen molar-refractivity contribution in [1.29, 1.82) is 0 Å². The molecule has 1 unspecified atom stereocenters. The molecule has 3 nitrogen and oxygen atoms in total. The number of hydrogen-bond acceptors (Lipinski definition) is 3. The Morgan fingerprint density at radius 3 is 2.57 bits per heavy atom. The minimum absolute atomic E-state index is 0.476. The summed E-state index contributed by atoms with van der Waals surface area (Å²) in [5.74, 6) is -0.396. The molecule has 0 aliphatic rings. The first-order valence-corrected chi connectivity index (χ1v) is 9.06. The van der Waals surface area contributed by atoms with Gasteiger partial charge in [0.1, 0.15) is 5.75 Å². The highest BCUT2D eigenvalue weighted by atomic mass is 32.1. The van der Waals surface area contributed by atoms with Gasteiger partial charge in [-0.15, -0.1) is 11.3 Å². The van der Waals surface area contributed by atoms with Crippen molar-refractivity contribution in [2.75, 3.05) is 6.61 Å². The van der Waals surface area contributed by atoms with Crippen molar-refractivity contribution >= 4 is 17.3 Å². The maximum atomic E-state index is 11.5. The highest BCUT2D eigenvalue weighted by Crippen LogP contribution is 2.26. The highest BCUT2D eigenvalue weighted by Gasteiger charge is 2.21. The molecule has 0 aliphatic carbocycles. The summed E-state index contributed by atoms with van der Waals surface area (Å²) in [6, 6.07) is 11.6. The summed E-state index contributed by atoms with van der Waals surface area (Å²) in [7, 11) is 0. The lowest BCUT2D eigenvalue weighted by atomic mass is 9.98. The third-order valence-corrected chi connectivity index (χ3v) is 4.80. The number of unbranched alkanes of at least 4 members (excludes halogenated alkanes) is 3. The first-order valence-electron chi connectivity index (χ1n) is 8.18. The molecular weight excluding hydrogens is 308 g/mol. The second-order valence-corrected chi connectivity index (χ2v) is 6.64. The number of aliphatic carboxylic acids is 1. The van der Waals surface area contributed by atoms with Crippen molar-refractivity contribution < 1.29 is 14.6 Å². The van der Waals surface area contributed by atoms with Gasteiger partial charge in [0.05, 0.1) is 12.5 Å². The number of carboxylic acids is 1. The predicted molar refractivity (Wildman–Crippen MR) is 94.5 cm³/mol. The van der Waals surface area contributed by atoms with Gasteiger partial charge in [-0.2, -0.15) is 0 Å². The lowest BCUT2D eigenvalue weighted by molar-refractivity contribution is -0.138. The molecule has 23 heavy (non-hydrogen) atoms. The molecule has 1 heterocycles. The summed E-state index contributed by atoms with van der Waals surface area (Å²) in [5, 5.41) is 11.3. The lowest BCUT2D eigenvalue weighted by Crippen LogP contribution is -2.13. The largest absolute Gasteiger partial charge is 0.494 e. The molecule has 0 saturated heterocycles. The average Bonchev–Trinajstić information content (AvgIpc) is 3.07. The van der Waals surface area contributed by atoms with Crippen LogP contribution in [-0.2, 0) is 11.2 Å². The quantitative estimate of drug-likeness (QED) is 0.614. The van der Waals surface area contributed by atoms with Crippen molar-refractivity contribution in [3.63, 3.8) is 0 Å². The minimum atomic E-state index is -0.774. The van der Waals surface area contributed by atoms with Gasteiger partial charge in [-0.3, -0.25) is 4.79 Å². The maximum absolute atomic E-state index is 11.5. The van der Waals surface area contributed by atoms with Crippen LogP contribution >= 0.6 is 11.3 Å². The first kappa shape index (κ1) is 17.5. The van der Waals surface area contributed by atoms with Crippen LogP contribution in [0.2, 0.25) is 0 Å². The Morgan fingerprint density at radius 1 is 1.17 bits per heavy atom. The van der Waals surface area contributed by atoms with Crippen LogP contribution in [0.3, 0.4) is 0 Å². The smallest absolute Gasteiger partial charge is 0.312 e. The topological polar surface area (TPSA) is 46.5 Å². The van der Waals surface area contributed by atoms with Gasteiger partial charge in [0.2, 0.25) is 0 Å². The van der Waals surface area contributed by atoms with E-state index in [1.165, 1.54) is 30.6 Å². The summed E-state index contributed by atoms with van der Waals surface area (Å²) < 4.78 is 5.72. The number of carboxylic acid groups (broad SMARTS) is 1. The highest BCUT2D eigenvalue weighted by molar-refractivity contribution is 7.10. The molecule has 1 atom stereocenters. The summed E-state index contributed by atoms with van der Waals surface area (Å²) in [6.45, 7) is 2.94. The normalized spacial score (nSPS) is 12.0. The van der Waals surface area contributed by atoms with E-state index in [1.807, 2.05) is 41.8 Å². The zero-order valence-corrected chi connectivity index (χ0v) is 14.3. The molecule has 1 aromatic carbocycles. The molecule has 124 valence electrons. The summed E-state index contributed by atoms with van der Waals surface area (Å²) in [6.07, 6.45) is 5.27. The molecule has 1 N–H and O–H groups in total. The number of thiophene rings is 1. The molecule has 1 aromatic heterocycles. The maximum Gasteiger partial charge on any atom is 0.312 e. The van der Waals surface area contributed by atoms with Crippen molar-refractivity contribution in [1.82, 2.24) is 0 Å². The Hall–Kier alpha value is -1.81. The zero-order valence-electron chi connectivity index (χ0n) is 13.5. The number of carbonyl (C=O) groups is 1. The Kier molecular flexibility index (Phi) is 7.14. The van der Waals surface area contributed by atoms with E-state index >= 15 is 0 Å². The summed E-state index contributed by atoms with van der Waals surface area (Å²) in [5.41, 5.74) is 1.02. The van der Waals surface area contributed by atoms with Gasteiger partial charge in [0, 0.05) is 4.88 Å². The fourth-order valence-electron chi connectivity index (χ4n) is 2.48. The van der Waals surface area contributed by atoms with Gasteiger partial charge in [-0.05, 0) is 42.0 Å². The van der Waals surface area contributed by atoms with E-state index in [9.17, 15) is 9.90 Å². The Labute approximate surface area is 141 Å². The van der Waals surface area contributed by atoms with E-state index < -0.39 is 11.9 Å². The van der Waals surface area contributed by atoms with E-state index in [1.54, 1.807) is 0 Å². The predicted octanol–water partition coefficient (Wildman–Crippen LogP) is 5.12. The molecule has 2 rings (SSSR count). The summed E-state index contributed by atoms with van der Waals surface area (Å²) in [4.78, 5) is 12.4. The van der Waals surface area contributed by atoms with Gasteiger partial charge in [0.25, 0.3) is 0 Å². The van der Waals surface area contributed by atoms with Crippen LogP contribution in [0, 0.1) is 0 Å². The van der Waals surface area contributed by atoms with E-state index in [4.69, 9.17) is 4.74 Å². The molecule has 2 aromatic rings. The summed E-state index contributed by atoms with van der Waals surface area (Å²) >= 11 is 1.49. The molecule has 0 saturated carbocycles. The molecule has 0 aliphatic heterocycles. The van der Waals surface area contributed by atoms with Gasteiger partial charge in [0.15, 0.2) is 0 Å². The Morgan fingerprint density at radius 2 is 1.96 bits per heavy atom. The molecule has 0 radical (unpaired) electrons. The van der Waals surface area contributed by atoms with E-state index in [-0.39, 0.29) is 0 Å². The molecule has 0 spiro atoms. The second-order valence-electron chi connectivity index (χ2n) is 5.66. The van der Waals surface area contributed by atoms with E-state index in [2.05, 4.69) is 6.92 Å². The standard InChI is InChI=1S/C19H24O3S/c1-2-3-4-5-12-22-16-10-8-15(9-11-16)14-17(19(20)21)18-7-6-13-23-18/h6-11,13,17H,2-5,12,14H2,1H3,(H,20,21). The fraction of sp³-hybridized carbons (Fsp3) is 0.421. The van der Waals surface area contributed by atoms with Crippen LogP contribution in [-0.4, -0.2) is 17.7 Å². The second kappa shape index (κ2) is 9.36. The van der Waals surface area contributed by atoms with Crippen LogP contribution in [0.1, 0.15) is 49.0 Å². The molecule has 4 heteroatoms. The number of benzene rings is 1. The van der Waals surface area contributed by atoms with Crippen LogP contribution in [0.5, 0.6) is 5.75 Å². The number of hydrogen-bond donors (Lipinski definition) is 1. The van der Waals surface area contributed by atoms with Gasteiger partial charge in [-0.1, -0.05) is 44.4 Å². The molecular formula is C19H24O3S. The van der Waals surface area contributed by atoms with Crippen molar-refractivity contribution in [3.8, 4) is 5.75 Å². The molecule has 0 fully saturated rings. The van der Waals surface area contributed by atoms with Crippen molar-refractivity contribution in [2.24, 2.45) is 0 Å². The van der Waals surface area contributed by atoms with Crippen LogP contribution in [0.15, 0.2) is 41.8 Å². The van der Waals surface area contributed by atoms with Crippen LogP contribution < -0.4 is 4.74 Å². The Bertz CT molecular complexity index is 575. The average molecular weight is 332 g/mol. The van der Waals surface area contributed by atoms with Gasteiger partial charge >= 0.3 is 5.97 Å². The molecule has 0 amide bonds. The fourth-order valence-corrected chi connectivity index (χ4v) is 3.30. The SMILES string of the molecule is CCCCCCOc1ccc(CC(C(=O)O)c2cccs2)cc1. The van der Waals surface area contributed by atoms with Crippen LogP contribution in [0.25, 0.3) is 0 Å². The monoisotopic (exact) mass is 332 g/mol. The van der Waals surface area contributed by atoms with Crippen molar-refractivity contribution in [3.05, 3.63) is 52.2 Å². The van der Waals surface area contributed by atoms with E-state index in [0.717, 1.165) is 29.2 Å². The van der Waals surface area contributed by atoms with Gasteiger partial charge < -0.3 is 9.84 Å². The van der Waals surface area contributed by atoms with Crippen LogP contribution in [0.4, 0.5) is 0 Å². The zero-order chi connectivity index (χ0) is 16.5.